The van der Waals surface area contributed by atoms with Gasteiger partial charge in [-0.25, -0.2) is 4.39 Å². The smallest absolute Gasteiger partial charge is 0.251 e. The number of hydrogen-bond donors (Lipinski definition) is 1. The molecule has 0 spiro atoms. The number of thioether (sulfide) groups is 1. The second-order valence-corrected chi connectivity index (χ2v) is 6.24. The monoisotopic (exact) mass is 333 g/mol. The van der Waals surface area contributed by atoms with Crippen molar-refractivity contribution in [1.82, 2.24) is 5.32 Å². The normalized spacial score (nSPS) is 12.2. The van der Waals surface area contributed by atoms with Crippen LogP contribution in [0.15, 0.2) is 22.7 Å². The molecule has 1 aromatic rings. The first-order chi connectivity index (χ1) is 8.54. The lowest BCUT2D eigenvalue weighted by Gasteiger charge is -2.13. The molecule has 1 amide bonds. The van der Waals surface area contributed by atoms with Crippen molar-refractivity contribution in [3.05, 3.63) is 34.1 Å². The lowest BCUT2D eigenvalue weighted by atomic mass is 10.2. The summed E-state index contributed by atoms with van der Waals surface area (Å²) in [6.45, 7) is 4.07. The molecule has 1 N–H and O–H groups in total. The number of halogens is 2. The quantitative estimate of drug-likeness (QED) is 0.801. The molecule has 5 heteroatoms. The molecule has 0 aromatic heterocycles. The van der Waals surface area contributed by atoms with Gasteiger partial charge in [-0.1, -0.05) is 6.92 Å². The van der Waals surface area contributed by atoms with Crippen LogP contribution in [0.4, 0.5) is 4.39 Å². The molecular weight excluding hydrogens is 317 g/mol. The lowest BCUT2D eigenvalue weighted by Crippen LogP contribution is -2.33. The third-order valence-corrected chi connectivity index (χ3v) is 4.03. The fraction of sp³-hybridized carbons (Fsp3) is 0.462. The van der Waals surface area contributed by atoms with Gasteiger partial charge in [-0.15, -0.1) is 0 Å². The fourth-order valence-electron chi connectivity index (χ4n) is 1.42. The van der Waals surface area contributed by atoms with Crippen LogP contribution in [-0.2, 0) is 0 Å². The fourth-order valence-corrected chi connectivity index (χ4v) is 2.48. The summed E-state index contributed by atoms with van der Waals surface area (Å²) < 4.78 is 13.7. The van der Waals surface area contributed by atoms with Gasteiger partial charge >= 0.3 is 0 Å². The van der Waals surface area contributed by atoms with E-state index in [1.807, 2.05) is 18.7 Å². The Bertz CT molecular complexity index is 414. The highest BCUT2D eigenvalue weighted by atomic mass is 79.9. The van der Waals surface area contributed by atoms with E-state index >= 15 is 0 Å². The summed E-state index contributed by atoms with van der Waals surface area (Å²) in [5.74, 6) is 1.46. The SMILES string of the molecule is CCSCCC(C)NC(=O)c1ccc(Br)c(F)c1. The van der Waals surface area contributed by atoms with Gasteiger partial charge in [-0.05, 0) is 59.0 Å². The summed E-state index contributed by atoms with van der Waals surface area (Å²) in [6.07, 6.45) is 0.920. The van der Waals surface area contributed by atoms with Gasteiger partial charge in [0.25, 0.3) is 5.91 Å². The Kier molecular flexibility index (Phi) is 6.71. The first kappa shape index (κ1) is 15.5. The topological polar surface area (TPSA) is 29.1 Å². The molecule has 0 saturated heterocycles. The van der Waals surface area contributed by atoms with Crippen molar-refractivity contribution < 1.29 is 9.18 Å². The minimum atomic E-state index is -0.420. The van der Waals surface area contributed by atoms with Crippen LogP contribution in [0, 0.1) is 5.82 Å². The summed E-state index contributed by atoms with van der Waals surface area (Å²) in [6, 6.07) is 4.49. The van der Waals surface area contributed by atoms with Crippen LogP contribution in [-0.4, -0.2) is 23.5 Å². The van der Waals surface area contributed by atoms with E-state index in [9.17, 15) is 9.18 Å². The van der Waals surface area contributed by atoms with Crippen LogP contribution < -0.4 is 5.32 Å². The summed E-state index contributed by atoms with van der Waals surface area (Å²) >= 11 is 4.91. The summed E-state index contributed by atoms with van der Waals surface area (Å²) in [7, 11) is 0. The minimum absolute atomic E-state index is 0.100. The first-order valence-electron chi connectivity index (χ1n) is 5.88. The van der Waals surface area contributed by atoms with E-state index in [4.69, 9.17) is 0 Å². The largest absolute Gasteiger partial charge is 0.350 e. The van der Waals surface area contributed by atoms with Crippen LogP contribution in [0.5, 0.6) is 0 Å². The Hall–Kier alpha value is -0.550. The maximum Gasteiger partial charge on any atom is 0.251 e. The first-order valence-corrected chi connectivity index (χ1v) is 7.83. The number of rotatable bonds is 6. The van der Waals surface area contributed by atoms with Crippen molar-refractivity contribution in [1.29, 1.82) is 0 Å². The molecule has 0 fully saturated rings. The molecule has 18 heavy (non-hydrogen) atoms. The molecule has 0 aliphatic heterocycles. The van der Waals surface area contributed by atoms with Crippen molar-refractivity contribution in [2.75, 3.05) is 11.5 Å². The average Bonchev–Trinajstić information content (AvgIpc) is 2.33. The van der Waals surface area contributed by atoms with E-state index in [-0.39, 0.29) is 11.9 Å². The Morgan fingerprint density at radius 1 is 1.56 bits per heavy atom. The number of nitrogens with one attached hydrogen (secondary N) is 1. The predicted octanol–water partition coefficient (Wildman–Crippen LogP) is 3.85. The standard InChI is InChI=1S/C13H17BrFNOS/c1-3-18-7-6-9(2)16-13(17)10-4-5-11(14)12(15)8-10/h4-5,8-9H,3,6-7H2,1-2H3,(H,16,17). The van der Waals surface area contributed by atoms with Gasteiger partial charge in [0, 0.05) is 11.6 Å². The highest BCUT2D eigenvalue weighted by Crippen LogP contribution is 2.16. The van der Waals surface area contributed by atoms with Crippen molar-refractivity contribution in [3.8, 4) is 0 Å². The molecule has 1 atom stereocenters. The van der Waals surface area contributed by atoms with Gasteiger partial charge in [-0.2, -0.15) is 11.8 Å². The summed E-state index contributed by atoms with van der Waals surface area (Å²) in [5.41, 5.74) is 0.352. The van der Waals surface area contributed by atoms with Crippen LogP contribution >= 0.6 is 27.7 Å². The van der Waals surface area contributed by atoms with Gasteiger partial charge in [0.1, 0.15) is 5.82 Å². The third kappa shape index (κ3) is 4.98. The molecule has 0 saturated carbocycles. The van der Waals surface area contributed by atoms with Crippen molar-refractivity contribution >= 4 is 33.6 Å². The molecule has 2 nitrogen and oxygen atoms in total. The zero-order chi connectivity index (χ0) is 13.5. The van der Waals surface area contributed by atoms with Crippen molar-refractivity contribution in [2.45, 2.75) is 26.3 Å². The highest BCUT2D eigenvalue weighted by molar-refractivity contribution is 9.10. The third-order valence-electron chi connectivity index (χ3n) is 2.46. The molecule has 1 rings (SSSR count). The van der Waals surface area contributed by atoms with Crippen LogP contribution in [0.1, 0.15) is 30.6 Å². The second-order valence-electron chi connectivity index (χ2n) is 3.99. The number of benzene rings is 1. The van der Waals surface area contributed by atoms with Crippen molar-refractivity contribution in [2.24, 2.45) is 0 Å². The Labute approximate surface area is 120 Å². The zero-order valence-electron chi connectivity index (χ0n) is 10.5. The predicted molar refractivity (Wildman–Crippen MR) is 78.6 cm³/mol. The Morgan fingerprint density at radius 2 is 2.28 bits per heavy atom. The van der Waals surface area contributed by atoms with Crippen LogP contribution in [0.25, 0.3) is 0 Å². The maximum absolute atomic E-state index is 13.3. The molecule has 1 unspecified atom stereocenters. The number of amides is 1. The van der Waals surface area contributed by atoms with Crippen molar-refractivity contribution in [3.63, 3.8) is 0 Å². The summed E-state index contributed by atoms with van der Waals surface area (Å²) in [5, 5.41) is 2.87. The number of carbonyl (C=O) groups is 1. The second kappa shape index (κ2) is 7.79. The van der Waals surface area contributed by atoms with Crippen LogP contribution in [0.3, 0.4) is 0 Å². The molecule has 0 radical (unpaired) electrons. The van der Waals surface area contributed by atoms with Gasteiger partial charge in [0.05, 0.1) is 4.47 Å². The maximum atomic E-state index is 13.3. The van der Waals surface area contributed by atoms with Gasteiger partial charge in [0.2, 0.25) is 0 Å². The Balaban J connectivity index is 2.51. The van der Waals surface area contributed by atoms with E-state index in [2.05, 4.69) is 28.2 Å². The Morgan fingerprint density at radius 3 is 2.89 bits per heavy atom. The van der Waals surface area contributed by atoms with Gasteiger partial charge in [0.15, 0.2) is 0 Å². The van der Waals surface area contributed by atoms with E-state index in [1.54, 1.807) is 12.1 Å². The number of carbonyl (C=O) groups excluding carboxylic acids is 1. The molecular formula is C13H17BrFNOS. The van der Waals surface area contributed by atoms with Gasteiger partial charge < -0.3 is 5.32 Å². The molecule has 1 aromatic carbocycles. The van der Waals surface area contributed by atoms with E-state index in [0.29, 0.717) is 10.0 Å². The molecule has 0 aliphatic rings. The lowest BCUT2D eigenvalue weighted by molar-refractivity contribution is 0.0939. The van der Waals surface area contributed by atoms with E-state index in [1.165, 1.54) is 6.07 Å². The molecule has 0 heterocycles. The molecule has 100 valence electrons. The van der Waals surface area contributed by atoms with Gasteiger partial charge in [-0.3, -0.25) is 4.79 Å². The molecule has 0 bridgehead atoms. The van der Waals surface area contributed by atoms with E-state index in [0.717, 1.165) is 17.9 Å². The summed E-state index contributed by atoms with van der Waals surface area (Å²) in [4.78, 5) is 11.9. The average molecular weight is 334 g/mol. The molecule has 0 aliphatic carbocycles. The zero-order valence-corrected chi connectivity index (χ0v) is 12.9. The highest BCUT2D eigenvalue weighted by Gasteiger charge is 2.11. The number of hydrogen-bond acceptors (Lipinski definition) is 2. The van der Waals surface area contributed by atoms with Crippen LogP contribution in [0.2, 0.25) is 0 Å². The minimum Gasteiger partial charge on any atom is -0.350 e. The van der Waals surface area contributed by atoms with E-state index < -0.39 is 5.82 Å².